The zero-order valence-electron chi connectivity index (χ0n) is 14.7. The molecule has 0 aliphatic rings. The van der Waals surface area contributed by atoms with Gasteiger partial charge in [0.2, 0.25) is 0 Å². The van der Waals surface area contributed by atoms with E-state index in [1.165, 1.54) is 0 Å². The molecule has 4 nitrogen and oxygen atoms in total. The van der Waals surface area contributed by atoms with Crippen LogP contribution in [-0.2, 0) is 9.53 Å². The third-order valence-electron chi connectivity index (χ3n) is 4.03. The van der Waals surface area contributed by atoms with Crippen LogP contribution in [0.3, 0.4) is 0 Å². The molecule has 0 radical (unpaired) electrons. The third-order valence-corrected chi connectivity index (χ3v) is 4.54. The molecule has 0 amide bonds. The van der Waals surface area contributed by atoms with Crippen LogP contribution >= 0.6 is 23.2 Å². The van der Waals surface area contributed by atoms with E-state index in [1.807, 2.05) is 55.6 Å². The van der Waals surface area contributed by atoms with E-state index >= 15 is 0 Å². The first-order valence-electron chi connectivity index (χ1n) is 8.48. The van der Waals surface area contributed by atoms with Crippen molar-refractivity contribution in [2.45, 2.75) is 18.9 Å². The Morgan fingerprint density at radius 3 is 1.96 bits per heavy atom. The highest BCUT2D eigenvalue weighted by Crippen LogP contribution is 2.28. The van der Waals surface area contributed by atoms with Crippen molar-refractivity contribution >= 4 is 29.2 Å². The number of nitrogens with zero attached hydrogens (tertiary/aromatic N) is 1. The van der Waals surface area contributed by atoms with Gasteiger partial charge in [0.05, 0.1) is 6.61 Å². The molecule has 0 fully saturated rings. The second kappa shape index (κ2) is 10.5. The average molecular weight is 396 g/mol. The summed E-state index contributed by atoms with van der Waals surface area (Å²) < 4.78 is 6.15. The van der Waals surface area contributed by atoms with Crippen molar-refractivity contribution in [2.75, 3.05) is 26.7 Å². The molecule has 2 aromatic rings. The van der Waals surface area contributed by atoms with Gasteiger partial charge in [-0.3, -0.25) is 4.79 Å². The predicted octanol–water partition coefficient (Wildman–Crippen LogP) is 4.90. The normalized spacial score (nSPS) is 11.3. The molecule has 0 aliphatic heterocycles. The van der Waals surface area contributed by atoms with Gasteiger partial charge in [0, 0.05) is 23.0 Å². The maximum absolute atomic E-state index is 10.6. The van der Waals surface area contributed by atoms with Gasteiger partial charge in [0.25, 0.3) is 0 Å². The number of carboxylic acids is 1. The standard InChI is InChI=1S/C20H23Cl2NO3/c1-23(12-2-3-19(24)25)13-14-26-20(15-4-8-17(21)9-5-15)16-6-10-18(22)11-7-16/h4-11,20H,2-3,12-14H2,1H3,(H,24,25). The van der Waals surface area contributed by atoms with Crippen molar-refractivity contribution in [1.29, 1.82) is 0 Å². The van der Waals surface area contributed by atoms with Crippen molar-refractivity contribution in [3.63, 3.8) is 0 Å². The molecule has 0 saturated heterocycles. The molecule has 1 N–H and O–H groups in total. The molecular formula is C20H23Cl2NO3. The van der Waals surface area contributed by atoms with Crippen molar-refractivity contribution in [3.05, 3.63) is 69.7 Å². The molecule has 0 aromatic heterocycles. The highest BCUT2D eigenvalue weighted by Gasteiger charge is 2.15. The van der Waals surface area contributed by atoms with Gasteiger partial charge < -0.3 is 14.7 Å². The molecule has 140 valence electrons. The number of carboxylic acid groups (broad SMARTS) is 1. The molecule has 0 unspecified atom stereocenters. The summed E-state index contributed by atoms with van der Waals surface area (Å²) in [5, 5.41) is 10.1. The van der Waals surface area contributed by atoms with Gasteiger partial charge in [-0.25, -0.2) is 0 Å². The average Bonchev–Trinajstić information content (AvgIpc) is 2.60. The molecule has 6 heteroatoms. The van der Waals surface area contributed by atoms with Crippen LogP contribution in [0.15, 0.2) is 48.5 Å². The molecule has 0 bridgehead atoms. The lowest BCUT2D eigenvalue weighted by molar-refractivity contribution is -0.137. The first-order valence-corrected chi connectivity index (χ1v) is 9.24. The number of likely N-dealkylation sites (N-methyl/N-ethyl adjacent to an activating group) is 1. The molecule has 0 spiro atoms. The Labute approximate surface area is 164 Å². The van der Waals surface area contributed by atoms with Gasteiger partial charge in [0.1, 0.15) is 6.10 Å². The summed E-state index contributed by atoms with van der Waals surface area (Å²) in [7, 11) is 1.96. The van der Waals surface area contributed by atoms with Gasteiger partial charge in [-0.2, -0.15) is 0 Å². The summed E-state index contributed by atoms with van der Waals surface area (Å²) in [6.07, 6.45) is 0.601. The topological polar surface area (TPSA) is 49.8 Å². The van der Waals surface area contributed by atoms with E-state index in [-0.39, 0.29) is 12.5 Å². The van der Waals surface area contributed by atoms with E-state index in [1.54, 1.807) is 0 Å². The fraction of sp³-hybridized carbons (Fsp3) is 0.350. The predicted molar refractivity (Wildman–Crippen MR) is 105 cm³/mol. The van der Waals surface area contributed by atoms with Gasteiger partial charge in [-0.1, -0.05) is 47.5 Å². The van der Waals surface area contributed by atoms with Crippen LogP contribution in [0.2, 0.25) is 10.0 Å². The number of ether oxygens (including phenoxy) is 1. The lowest BCUT2D eigenvalue weighted by atomic mass is 10.0. The molecule has 2 rings (SSSR count). The Hall–Kier alpha value is -1.59. The van der Waals surface area contributed by atoms with Gasteiger partial charge in [0.15, 0.2) is 0 Å². The van der Waals surface area contributed by atoms with E-state index in [2.05, 4.69) is 4.90 Å². The smallest absolute Gasteiger partial charge is 0.303 e. The number of aliphatic carboxylic acids is 1. The Balaban J connectivity index is 1.97. The van der Waals surface area contributed by atoms with Crippen LogP contribution in [-0.4, -0.2) is 42.7 Å². The van der Waals surface area contributed by atoms with Crippen LogP contribution in [0.25, 0.3) is 0 Å². The second-order valence-electron chi connectivity index (χ2n) is 6.15. The van der Waals surface area contributed by atoms with E-state index in [4.69, 9.17) is 33.0 Å². The summed E-state index contributed by atoms with van der Waals surface area (Å²) in [5.74, 6) is -0.764. The summed E-state index contributed by atoms with van der Waals surface area (Å²) in [5.41, 5.74) is 2.04. The molecule has 0 aliphatic carbocycles. The van der Waals surface area contributed by atoms with E-state index in [0.29, 0.717) is 23.1 Å². The van der Waals surface area contributed by atoms with Crippen molar-refractivity contribution in [1.82, 2.24) is 4.90 Å². The van der Waals surface area contributed by atoms with Gasteiger partial charge >= 0.3 is 5.97 Å². The molecule has 0 heterocycles. The largest absolute Gasteiger partial charge is 0.481 e. The number of halogens is 2. The molecule has 0 saturated carbocycles. The summed E-state index contributed by atoms with van der Waals surface area (Å²) in [6, 6.07) is 15.2. The Kier molecular flexibility index (Phi) is 8.39. The molecule has 2 aromatic carbocycles. The Bertz CT molecular complexity index is 644. The van der Waals surface area contributed by atoms with Crippen molar-refractivity contribution in [3.8, 4) is 0 Å². The second-order valence-corrected chi connectivity index (χ2v) is 7.03. The highest BCUT2D eigenvalue weighted by atomic mass is 35.5. The number of hydrogen-bond acceptors (Lipinski definition) is 3. The summed E-state index contributed by atoms with van der Waals surface area (Å²) in [4.78, 5) is 12.7. The SMILES string of the molecule is CN(CCCC(=O)O)CCOC(c1ccc(Cl)cc1)c1ccc(Cl)cc1. The highest BCUT2D eigenvalue weighted by molar-refractivity contribution is 6.30. The maximum atomic E-state index is 10.6. The first kappa shape index (κ1) is 20.7. The third kappa shape index (κ3) is 6.96. The minimum absolute atomic E-state index is 0.184. The monoisotopic (exact) mass is 395 g/mol. The number of benzene rings is 2. The lowest BCUT2D eigenvalue weighted by Crippen LogP contribution is -2.25. The van der Waals surface area contributed by atoms with Crippen LogP contribution in [0.4, 0.5) is 0 Å². The van der Waals surface area contributed by atoms with Crippen LogP contribution in [0.5, 0.6) is 0 Å². The zero-order valence-corrected chi connectivity index (χ0v) is 16.2. The number of carbonyl (C=O) groups is 1. The minimum Gasteiger partial charge on any atom is -0.481 e. The van der Waals surface area contributed by atoms with Crippen LogP contribution < -0.4 is 0 Å². The van der Waals surface area contributed by atoms with E-state index in [0.717, 1.165) is 24.2 Å². The zero-order chi connectivity index (χ0) is 18.9. The Morgan fingerprint density at radius 1 is 1.00 bits per heavy atom. The summed E-state index contributed by atoms with van der Waals surface area (Å²) in [6.45, 7) is 1.97. The van der Waals surface area contributed by atoms with Crippen molar-refractivity contribution < 1.29 is 14.6 Å². The van der Waals surface area contributed by atoms with Gasteiger partial charge in [-0.15, -0.1) is 0 Å². The van der Waals surface area contributed by atoms with Crippen LogP contribution in [0, 0.1) is 0 Å². The first-order chi connectivity index (χ1) is 12.5. The van der Waals surface area contributed by atoms with Crippen molar-refractivity contribution in [2.24, 2.45) is 0 Å². The molecule has 26 heavy (non-hydrogen) atoms. The fourth-order valence-corrected chi connectivity index (χ4v) is 2.85. The fourth-order valence-electron chi connectivity index (χ4n) is 2.60. The van der Waals surface area contributed by atoms with Crippen LogP contribution in [0.1, 0.15) is 30.1 Å². The maximum Gasteiger partial charge on any atom is 0.303 e. The number of rotatable bonds is 10. The summed E-state index contributed by atoms with van der Waals surface area (Å²) >= 11 is 12.0. The molecule has 0 atom stereocenters. The Morgan fingerprint density at radius 2 is 1.50 bits per heavy atom. The van der Waals surface area contributed by atoms with Gasteiger partial charge in [-0.05, 0) is 55.4 Å². The van der Waals surface area contributed by atoms with E-state index < -0.39 is 5.97 Å². The molecular weight excluding hydrogens is 373 g/mol. The minimum atomic E-state index is -0.764. The number of hydrogen-bond donors (Lipinski definition) is 1. The lowest BCUT2D eigenvalue weighted by Gasteiger charge is -2.22. The van der Waals surface area contributed by atoms with E-state index in [9.17, 15) is 4.79 Å². The quantitative estimate of drug-likeness (QED) is 0.621.